The minimum Gasteiger partial charge on any atom is -0.337 e. The zero-order valence-electron chi connectivity index (χ0n) is 12.6. The molecule has 1 fully saturated rings. The Morgan fingerprint density at radius 2 is 2.10 bits per heavy atom. The second-order valence-electron chi connectivity index (χ2n) is 5.54. The third-order valence-corrected chi connectivity index (χ3v) is 5.16. The third kappa shape index (κ3) is 5.16. The van der Waals surface area contributed by atoms with E-state index >= 15 is 0 Å². The van der Waals surface area contributed by atoms with Crippen LogP contribution >= 0.6 is 0 Å². The highest BCUT2D eigenvalue weighted by Crippen LogP contribution is 2.15. The van der Waals surface area contributed by atoms with Crippen LogP contribution in [0.4, 0.5) is 4.79 Å². The van der Waals surface area contributed by atoms with E-state index in [0.717, 1.165) is 24.9 Å². The molecule has 2 rings (SSSR count). The number of rotatable bonds is 5. The van der Waals surface area contributed by atoms with Crippen LogP contribution in [0, 0.1) is 0 Å². The van der Waals surface area contributed by atoms with Gasteiger partial charge in [0.05, 0.1) is 0 Å². The number of nitrogens with one attached hydrogen (secondary N) is 1. The van der Waals surface area contributed by atoms with Gasteiger partial charge in [0.15, 0.2) is 0 Å². The van der Waals surface area contributed by atoms with Gasteiger partial charge in [0.2, 0.25) is 0 Å². The first-order valence-corrected chi connectivity index (χ1v) is 9.09. The molecule has 0 saturated carbocycles. The van der Waals surface area contributed by atoms with Crippen LogP contribution in [0.15, 0.2) is 30.3 Å². The van der Waals surface area contributed by atoms with E-state index in [4.69, 9.17) is 0 Å². The summed E-state index contributed by atoms with van der Waals surface area (Å²) in [5.74, 6) is 1.06. The Bertz CT molecular complexity index is 478. The van der Waals surface area contributed by atoms with Gasteiger partial charge in [0.1, 0.15) is 0 Å². The molecule has 4 nitrogen and oxygen atoms in total. The van der Waals surface area contributed by atoms with Crippen molar-refractivity contribution in [2.24, 2.45) is 0 Å². The molecule has 116 valence electrons. The number of amides is 2. The number of hydrogen-bond donors (Lipinski definition) is 1. The Morgan fingerprint density at radius 3 is 2.81 bits per heavy atom. The molecule has 21 heavy (non-hydrogen) atoms. The maximum atomic E-state index is 12.1. The minimum absolute atomic E-state index is 0.0149. The van der Waals surface area contributed by atoms with E-state index in [1.165, 1.54) is 6.42 Å². The molecule has 5 heteroatoms. The SMILES string of the molecule is C[C@@H]1CCCCN1C(=O)NCC[S@@](=O)Cc1ccccc1. The van der Waals surface area contributed by atoms with Crippen LogP contribution in [0.2, 0.25) is 0 Å². The Morgan fingerprint density at radius 1 is 1.33 bits per heavy atom. The van der Waals surface area contributed by atoms with Crippen LogP contribution < -0.4 is 5.32 Å². The van der Waals surface area contributed by atoms with Gasteiger partial charge in [0, 0.05) is 41.4 Å². The number of urea groups is 1. The first kappa shape index (κ1) is 16.0. The summed E-state index contributed by atoms with van der Waals surface area (Å²) in [5.41, 5.74) is 1.08. The fraction of sp³-hybridized carbons (Fsp3) is 0.562. The normalized spacial score (nSPS) is 20.0. The molecule has 1 saturated heterocycles. The van der Waals surface area contributed by atoms with Crippen LogP contribution in [0.5, 0.6) is 0 Å². The average molecular weight is 308 g/mol. The highest BCUT2D eigenvalue weighted by Gasteiger charge is 2.22. The summed E-state index contributed by atoms with van der Waals surface area (Å²) in [7, 11) is -0.934. The first-order valence-electron chi connectivity index (χ1n) is 7.60. The van der Waals surface area contributed by atoms with Crippen molar-refractivity contribution in [2.75, 3.05) is 18.8 Å². The molecule has 1 heterocycles. The van der Waals surface area contributed by atoms with Gasteiger partial charge >= 0.3 is 6.03 Å². The molecule has 1 aliphatic rings. The van der Waals surface area contributed by atoms with Gasteiger partial charge in [-0.25, -0.2) is 4.79 Å². The minimum atomic E-state index is -0.934. The molecule has 0 radical (unpaired) electrons. The fourth-order valence-electron chi connectivity index (χ4n) is 2.61. The summed E-state index contributed by atoms with van der Waals surface area (Å²) in [5, 5.41) is 2.89. The third-order valence-electron chi connectivity index (χ3n) is 3.84. The highest BCUT2D eigenvalue weighted by molar-refractivity contribution is 7.84. The first-order chi connectivity index (χ1) is 10.2. The molecule has 0 spiro atoms. The molecule has 1 aromatic carbocycles. The van der Waals surface area contributed by atoms with E-state index < -0.39 is 10.8 Å². The number of piperidine rings is 1. The molecule has 0 unspecified atom stereocenters. The van der Waals surface area contributed by atoms with Gasteiger partial charge < -0.3 is 10.2 Å². The lowest BCUT2D eigenvalue weighted by Gasteiger charge is -2.33. The van der Waals surface area contributed by atoms with Gasteiger partial charge in [0.25, 0.3) is 0 Å². The van der Waals surface area contributed by atoms with Crippen molar-refractivity contribution in [2.45, 2.75) is 38.0 Å². The Kier molecular flexibility index (Phi) is 6.23. The van der Waals surface area contributed by atoms with Crippen LogP contribution in [0.3, 0.4) is 0 Å². The second-order valence-corrected chi connectivity index (χ2v) is 7.12. The summed E-state index contributed by atoms with van der Waals surface area (Å²) >= 11 is 0. The van der Waals surface area contributed by atoms with Gasteiger partial charge in [-0.2, -0.15) is 0 Å². The standard InChI is InChI=1S/C16H24N2O2S/c1-14-7-5-6-11-18(14)16(19)17-10-12-21(20)13-15-8-3-2-4-9-15/h2-4,8-9,14H,5-7,10-13H2,1H3,(H,17,19)/t14-,21-/m1/s1. The molecule has 0 aliphatic carbocycles. The Balaban J connectivity index is 1.69. The number of nitrogens with zero attached hydrogens (tertiary/aromatic N) is 1. The summed E-state index contributed by atoms with van der Waals surface area (Å²) in [4.78, 5) is 14.0. The van der Waals surface area contributed by atoms with Crippen LogP contribution in [-0.4, -0.2) is 40.0 Å². The van der Waals surface area contributed by atoms with Gasteiger partial charge in [-0.15, -0.1) is 0 Å². The van der Waals surface area contributed by atoms with Crippen LogP contribution in [0.25, 0.3) is 0 Å². The number of hydrogen-bond acceptors (Lipinski definition) is 2. The molecule has 1 N–H and O–H groups in total. The van der Waals surface area contributed by atoms with E-state index in [9.17, 15) is 9.00 Å². The molecular formula is C16H24N2O2S. The molecule has 0 aromatic heterocycles. The molecular weight excluding hydrogens is 284 g/mol. The highest BCUT2D eigenvalue weighted by atomic mass is 32.2. The van der Waals surface area contributed by atoms with Gasteiger partial charge in [-0.1, -0.05) is 30.3 Å². The van der Waals surface area contributed by atoms with Gasteiger partial charge in [-0.3, -0.25) is 4.21 Å². The van der Waals surface area contributed by atoms with Crippen LogP contribution in [0.1, 0.15) is 31.7 Å². The zero-order chi connectivity index (χ0) is 15.1. The lowest BCUT2D eigenvalue weighted by Crippen LogP contribution is -2.48. The van der Waals surface area contributed by atoms with Crippen LogP contribution in [-0.2, 0) is 16.6 Å². The van der Waals surface area contributed by atoms with Crippen molar-refractivity contribution >= 4 is 16.8 Å². The molecule has 2 atom stereocenters. The molecule has 2 amide bonds. The maximum Gasteiger partial charge on any atom is 0.317 e. The second kappa shape index (κ2) is 8.17. The number of likely N-dealkylation sites (tertiary alicyclic amines) is 1. The summed E-state index contributed by atoms with van der Waals surface area (Å²) in [6.45, 7) is 3.40. The lowest BCUT2D eigenvalue weighted by atomic mass is 10.0. The molecule has 1 aliphatic heterocycles. The summed E-state index contributed by atoms with van der Waals surface area (Å²) < 4.78 is 12.0. The van der Waals surface area contributed by atoms with E-state index in [1.54, 1.807) is 0 Å². The van der Waals surface area contributed by atoms with Crippen molar-refractivity contribution < 1.29 is 9.00 Å². The number of carbonyl (C=O) groups excluding carboxylic acids is 1. The predicted molar refractivity (Wildman–Crippen MR) is 86.6 cm³/mol. The summed E-state index contributed by atoms with van der Waals surface area (Å²) in [6, 6.07) is 10.1. The average Bonchev–Trinajstić information content (AvgIpc) is 2.48. The zero-order valence-corrected chi connectivity index (χ0v) is 13.4. The summed E-state index contributed by atoms with van der Waals surface area (Å²) in [6.07, 6.45) is 3.36. The van der Waals surface area contributed by atoms with Crippen molar-refractivity contribution in [3.8, 4) is 0 Å². The maximum absolute atomic E-state index is 12.1. The van der Waals surface area contributed by atoms with Crippen molar-refractivity contribution in [3.05, 3.63) is 35.9 Å². The Hall–Kier alpha value is -1.36. The number of benzene rings is 1. The van der Waals surface area contributed by atoms with E-state index in [1.807, 2.05) is 35.2 Å². The monoisotopic (exact) mass is 308 g/mol. The molecule has 0 bridgehead atoms. The quantitative estimate of drug-likeness (QED) is 0.908. The lowest BCUT2D eigenvalue weighted by molar-refractivity contribution is 0.159. The van der Waals surface area contributed by atoms with Crippen molar-refractivity contribution in [1.82, 2.24) is 10.2 Å². The number of carbonyl (C=O) groups is 1. The largest absolute Gasteiger partial charge is 0.337 e. The van der Waals surface area contributed by atoms with Crippen molar-refractivity contribution in [3.63, 3.8) is 0 Å². The van der Waals surface area contributed by atoms with E-state index in [2.05, 4.69) is 12.2 Å². The van der Waals surface area contributed by atoms with Gasteiger partial charge in [-0.05, 0) is 31.7 Å². The predicted octanol–water partition coefficient (Wildman–Crippen LogP) is 2.52. The topological polar surface area (TPSA) is 49.4 Å². The van der Waals surface area contributed by atoms with Crippen molar-refractivity contribution in [1.29, 1.82) is 0 Å². The molecule has 1 aromatic rings. The smallest absolute Gasteiger partial charge is 0.317 e. The fourth-order valence-corrected chi connectivity index (χ4v) is 3.64. The van der Waals surface area contributed by atoms with E-state index in [0.29, 0.717) is 24.1 Å². The Labute approximate surface area is 129 Å². The van der Waals surface area contributed by atoms with E-state index in [-0.39, 0.29) is 6.03 Å².